The van der Waals surface area contributed by atoms with Gasteiger partial charge in [-0.25, -0.2) is 20.0 Å². The van der Waals surface area contributed by atoms with E-state index >= 15 is 0 Å². The highest BCUT2D eigenvalue weighted by molar-refractivity contribution is 5.88. The highest BCUT2D eigenvalue weighted by Gasteiger charge is 2.40. The number of carbonyl (C=O) groups is 3. The highest BCUT2D eigenvalue weighted by Crippen LogP contribution is 2.20. The zero-order valence-corrected chi connectivity index (χ0v) is 17.7. The van der Waals surface area contributed by atoms with Crippen LogP contribution in [0.3, 0.4) is 0 Å². The molecule has 0 saturated carbocycles. The van der Waals surface area contributed by atoms with E-state index in [1.54, 1.807) is 13.8 Å². The van der Waals surface area contributed by atoms with E-state index in [0.717, 1.165) is 5.56 Å². The first-order chi connectivity index (χ1) is 13.6. The third-order valence-corrected chi connectivity index (χ3v) is 4.54. The Balaban J connectivity index is 2.17. The molecule has 160 valence electrons. The summed E-state index contributed by atoms with van der Waals surface area (Å²) in [6.07, 6.45) is 0.259. The van der Waals surface area contributed by atoms with Crippen LogP contribution < -0.4 is 10.7 Å². The quantitative estimate of drug-likeness (QED) is 0.610. The third kappa shape index (κ3) is 6.74. The molecule has 0 radical (unpaired) electrons. The molecule has 0 bridgehead atoms. The number of esters is 1. The smallest absolute Gasteiger partial charge is 0.425 e. The van der Waals surface area contributed by atoms with E-state index in [1.165, 1.54) is 12.1 Å². The number of methoxy groups -OCH3 is 1. The number of ether oxygens (including phenoxy) is 2. The minimum absolute atomic E-state index is 0.189. The molecule has 2 rings (SSSR count). The van der Waals surface area contributed by atoms with Crippen LogP contribution >= 0.6 is 0 Å². The zero-order chi connectivity index (χ0) is 21.6. The molecule has 0 unspecified atom stereocenters. The maximum absolute atomic E-state index is 13.1. The van der Waals surface area contributed by atoms with E-state index in [4.69, 9.17) is 9.47 Å². The minimum Gasteiger partial charge on any atom is -0.467 e. The number of hydrogen-bond acceptors (Lipinski definition) is 6. The van der Waals surface area contributed by atoms with Crippen LogP contribution in [0.4, 0.5) is 4.79 Å². The van der Waals surface area contributed by atoms with Gasteiger partial charge in [-0.2, -0.15) is 0 Å². The fourth-order valence-corrected chi connectivity index (χ4v) is 3.20. The number of hydrazine groups is 1. The molecular formula is C21H31N3O5. The standard InChI is InChI=1S/C21H31N3O5/c1-14(2)11-17(19(26)28-5)22-18(25)16(12-15-9-7-6-8-10-15)23-24-13-21(3,4)29-20(24)27/h6-10,14,16-17,23H,11-13H2,1-5H3,(H,22,25)/t16-,17-/m0/s1. The van der Waals surface area contributed by atoms with Crippen molar-refractivity contribution in [3.63, 3.8) is 0 Å². The van der Waals surface area contributed by atoms with Crippen molar-refractivity contribution in [1.82, 2.24) is 15.8 Å². The van der Waals surface area contributed by atoms with E-state index in [1.807, 2.05) is 44.2 Å². The van der Waals surface area contributed by atoms with Crippen molar-refractivity contribution in [3.8, 4) is 0 Å². The van der Waals surface area contributed by atoms with Crippen LogP contribution in [-0.4, -0.2) is 54.3 Å². The number of nitrogens with one attached hydrogen (secondary N) is 2. The van der Waals surface area contributed by atoms with Gasteiger partial charge in [0.1, 0.15) is 17.7 Å². The molecule has 1 fully saturated rings. The van der Waals surface area contributed by atoms with E-state index in [0.29, 0.717) is 19.4 Å². The second kappa shape index (κ2) is 9.73. The summed E-state index contributed by atoms with van der Waals surface area (Å²) in [7, 11) is 1.30. The maximum Gasteiger partial charge on any atom is 0.425 e. The molecule has 29 heavy (non-hydrogen) atoms. The SMILES string of the molecule is COC(=O)[C@H](CC(C)C)NC(=O)[C@H](Cc1ccccc1)NN1CC(C)(C)OC1=O. The summed E-state index contributed by atoms with van der Waals surface area (Å²) in [5, 5.41) is 4.08. The molecule has 1 aromatic carbocycles. The summed E-state index contributed by atoms with van der Waals surface area (Å²) >= 11 is 0. The van der Waals surface area contributed by atoms with Crippen LogP contribution in [0, 0.1) is 5.92 Å². The number of rotatable bonds is 9. The lowest BCUT2D eigenvalue weighted by atomic mass is 10.0. The van der Waals surface area contributed by atoms with Gasteiger partial charge in [-0.3, -0.25) is 4.79 Å². The average Bonchev–Trinajstić information content (AvgIpc) is 2.91. The van der Waals surface area contributed by atoms with E-state index < -0.39 is 29.7 Å². The van der Waals surface area contributed by atoms with Gasteiger partial charge in [0.2, 0.25) is 5.91 Å². The molecule has 1 aromatic rings. The minimum atomic E-state index is -0.766. The molecule has 0 aromatic heterocycles. The van der Waals surface area contributed by atoms with Crippen molar-refractivity contribution in [3.05, 3.63) is 35.9 Å². The summed E-state index contributed by atoms with van der Waals surface area (Å²) in [4.78, 5) is 37.3. The second-order valence-electron chi connectivity index (χ2n) is 8.30. The Morgan fingerprint density at radius 2 is 1.86 bits per heavy atom. The Morgan fingerprint density at radius 3 is 2.38 bits per heavy atom. The Morgan fingerprint density at radius 1 is 1.21 bits per heavy atom. The Labute approximate surface area is 171 Å². The van der Waals surface area contributed by atoms with Crippen LogP contribution in [0.2, 0.25) is 0 Å². The molecule has 2 N–H and O–H groups in total. The van der Waals surface area contributed by atoms with Gasteiger partial charge < -0.3 is 14.8 Å². The van der Waals surface area contributed by atoms with Crippen molar-refractivity contribution in [2.75, 3.05) is 13.7 Å². The first kappa shape index (κ1) is 22.7. The Hall–Kier alpha value is -2.61. The molecule has 1 saturated heterocycles. The first-order valence-corrected chi connectivity index (χ1v) is 9.80. The molecule has 2 atom stereocenters. The fourth-order valence-electron chi connectivity index (χ4n) is 3.20. The normalized spacial score (nSPS) is 17.6. The largest absolute Gasteiger partial charge is 0.467 e. The van der Waals surface area contributed by atoms with Crippen LogP contribution in [0.25, 0.3) is 0 Å². The van der Waals surface area contributed by atoms with Crippen molar-refractivity contribution in [2.24, 2.45) is 5.92 Å². The predicted octanol–water partition coefficient (Wildman–Crippen LogP) is 2.04. The zero-order valence-electron chi connectivity index (χ0n) is 17.7. The number of carbonyl (C=O) groups excluding carboxylic acids is 3. The van der Waals surface area contributed by atoms with Gasteiger partial charge in [-0.1, -0.05) is 44.2 Å². The van der Waals surface area contributed by atoms with Gasteiger partial charge in [-0.15, -0.1) is 0 Å². The van der Waals surface area contributed by atoms with Crippen LogP contribution in [0.15, 0.2) is 30.3 Å². The van der Waals surface area contributed by atoms with E-state index in [9.17, 15) is 14.4 Å². The van der Waals surface area contributed by atoms with Crippen molar-refractivity contribution < 1.29 is 23.9 Å². The summed E-state index contributed by atoms with van der Waals surface area (Å²) in [5.74, 6) is -0.691. The lowest BCUT2D eigenvalue weighted by Gasteiger charge is -2.26. The van der Waals surface area contributed by atoms with E-state index in [2.05, 4.69) is 10.7 Å². The first-order valence-electron chi connectivity index (χ1n) is 9.80. The van der Waals surface area contributed by atoms with Gasteiger partial charge >= 0.3 is 12.1 Å². The number of amides is 2. The summed E-state index contributed by atoms with van der Waals surface area (Å²) in [6.45, 7) is 7.83. The van der Waals surface area contributed by atoms with Gasteiger partial charge in [-0.05, 0) is 38.2 Å². The van der Waals surface area contributed by atoms with Crippen LogP contribution in [0.5, 0.6) is 0 Å². The monoisotopic (exact) mass is 405 g/mol. The van der Waals surface area contributed by atoms with Gasteiger partial charge in [0, 0.05) is 0 Å². The molecule has 1 aliphatic rings. The van der Waals surface area contributed by atoms with Crippen LogP contribution in [0.1, 0.15) is 39.7 Å². The lowest BCUT2D eigenvalue weighted by molar-refractivity contribution is -0.146. The van der Waals surface area contributed by atoms with Gasteiger partial charge in [0.25, 0.3) is 0 Å². The number of benzene rings is 1. The molecule has 1 heterocycles. The second-order valence-corrected chi connectivity index (χ2v) is 8.30. The van der Waals surface area contributed by atoms with Gasteiger partial charge in [0.05, 0.1) is 13.7 Å². The Kier molecular flexibility index (Phi) is 7.61. The molecule has 0 spiro atoms. The predicted molar refractivity (Wildman–Crippen MR) is 108 cm³/mol. The summed E-state index contributed by atoms with van der Waals surface area (Å²) < 4.78 is 10.1. The number of nitrogens with zero attached hydrogens (tertiary/aromatic N) is 1. The number of cyclic esters (lactones) is 1. The molecule has 1 aliphatic heterocycles. The van der Waals surface area contributed by atoms with Gasteiger partial charge in [0.15, 0.2) is 0 Å². The number of hydrogen-bond donors (Lipinski definition) is 2. The van der Waals surface area contributed by atoms with E-state index in [-0.39, 0.29) is 11.8 Å². The van der Waals surface area contributed by atoms with Crippen molar-refractivity contribution in [2.45, 2.75) is 58.2 Å². The molecule has 0 aliphatic carbocycles. The molecule has 8 nitrogen and oxygen atoms in total. The molecule has 2 amide bonds. The average molecular weight is 405 g/mol. The van der Waals surface area contributed by atoms with Crippen LogP contribution in [-0.2, 0) is 25.5 Å². The summed E-state index contributed by atoms with van der Waals surface area (Å²) in [6, 6.07) is 7.94. The lowest BCUT2D eigenvalue weighted by Crippen LogP contribution is -2.56. The Bertz CT molecular complexity index is 720. The molecule has 8 heteroatoms. The highest BCUT2D eigenvalue weighted by atomic mass is 16.6. The molecular weight excluding hydrogens is 374 g/mol. The maximum atomic E-state index is 13.1. The summed E-state index contributed by atoms with van der Waals surface area (Å²) in [5.41, 5.74) is 3.25. The third-order valence-electron chi connectivity index (χ3n) is 4.54. The fraction of sp³-hybridized carbons (Fsp3) is 0.571. The van der Waals surface area contributed by atoms with Crippen molar-refractivity contribution >= 4 is 18.0 Å². The van der Waals surface area contributed by atoms with Crippen molar-refractivity contribution in [1.29, 1.82) is 0 Å². The topological polar surface area (TPSA) is 97.0 Å².